The Balaban J connectivity index is 0.000000134. The predicted octanol–water partition coefficient (Wildman–Crippen LogP) is 11.2. The lowest BCUT2D eigenvalue weighted by Crippen LogP contribution is -2.60. The number of esters is 4. The van der Waals surface area contributed by atoms with E-state index in [0.717, 1.165) is 105 Å². The van der Waals surface area contributed by atoms with Crippen molar-refractivity contribution in [1.29, 1.82) is 0 Å². The summed E-state index contributed by atoms with van der Waals surface area (Å²) in [6.07, 6.45) is 0.0966. The molecule has 8 aliphatic heterocycles. The second-order valence-corrected chi connectivity index (χ2v) is 35.3. The molecule has 8 aromatic carbocycles. The molecule has 30 nitrogen and oxygen atoms in total. The third kappa shape index (κ3) is 24.4. The summed E-state index contributed by atoms with van der Waals surface area (Å²) in [6.45, 7) is 9.32. The number of fused-ring (bicyclic) bond motifs is 4. The number of rotatable bonds is 25. The molecular formula is C100H102F9N17O13. The minimum atomic E-state index is -4.53. The van der Waals surface area contributed by atoms with Crippen LogP contribution < -0.4 is 4.74 Å². The molecule has 4 amide bonds. The predicted molar refractivity (Wildman–Crippen MR) is 485 cm³/mol. The number of carbonyl (C=O) groups excluding carboxylic acids is 8. The average molecular weight is 1920 g/mol. The topological polar surface area (TPSA) is 301 Å². The quantitative estimate of drug-likeness (QED) is 0.0292. The Hall–Kier alpha value is -14.1. The number of cyclic esters (lactones) is 4. The zero-order valence-corrected chi connectivity index (χ0v) is 76.5. The lowest BCUT2D eigenvalue weighted by molar-refractivity contribution is -0.198. The Morgan fingerprint density at radius 1 is 0.396 bits per heavy atom. The molecule has 8 aliphatic rings. The maximum absolute atomic E-state index is 14.3. The van der Waals surface area contributed by atoms with Crippen LogP contribution in [0.15, 0.2) is 196 Å². The largest absolute Gasteiger partial charge is 0.496 e. The van der Waals surface area contributed by atoms with Gasteiger partial charge >= 0.3 is 36.2 Å². The highest BCUT2D eigenvalue weighted by atomic mass is 19.4. The lowest BCUT2D eigenvalue weighted by Gasteiger charge is -2.42. The first-order valence-corrected chi connectivity index (χ1v) is 45.7. The van der Waals surface area contributed by atoms with Gasteiger partial charge in [-0.3, -0.25) is 38.8 Å². The van der Waals surface area contributed by atoms with Gasteiger partial charge in [0.1, 0.15) is 88.0 Å². The summed E-state index contributed by atoms with van der Waals surface area (Å²) in [5, 5.41) is 12.2. The third-order valence-electron chi connectivity index (χ3n) is 26.3. The fourth-order valence-corrected chi connectivity index (χ4v) is 18.4. The van der Waals surface area contributed by atoms with Gasteiger partial charge in [-0.2, -0.15) is 41.6 Å². The standard InChI is InChI=1S/C25H26F4N2O4.C25H24F3N5O3.C25H25F2N5O3.C25H27N5O3/c1-15-9-20(26)17(11-21(15)34-2)12-23(32)31-8-7-30(22(13-31)25(27,28)29)6-5-16-3-4-19-18(10-16)14-35-24(19)33;26-25(27,28)22-13-32(23(34)12-17-1-4-20(5-2-17)33-16-29-15-30-33)10-9-31(22)8-7-18-3-6-21-19(11-18)14-36-24(21)35;26-24(27)22-13-31(23(33)12-17-1-4-20(5-2-17)32-16-28-15-29-32)10-9-30(22)8-7-18-3-6-21-19(11-18)14-35-25(21)34;1-18-14-29(24(31)13-19-2-5-22(6-3-19)30-17-26-16-27-30)11-10-28(18)9-8-20-4-7-23-21(12-20)15-33-25(23)32/h3-4,9-11,22H,5-8,12-14H2,1-2H3;1-6,11,15-16,22H,7-10,12-14H2;1-6,11,15-16,22,24H,7-10,12-14H2;2-7,12,16-18H,8-11,13-15H2,1H3. The lowest BCUT2D eigenvalue weighted by atomic mass is 10.0. The number of alkyl halides is 8. The third-order valence-corrected chi connectivity index (χ3v) is 26.3. The maximum Gasteiger partial charge on any atom is 0.405 e. The van der Waals surface area contributed by atoms with Crippen LogP contribution in [-0.4, -0.2) is 286 Å². The molecule has 728 valence electrons. The molecule has 4 unspecified atom stereocenters. The molecule has 4 saturated heterocycles. The SMILES string of the molecule is CC1CN(C(=O)Cc2ccc(-n3cncn3)cc2)CCN1CCc1ccc2c(c1)COC2=O.COc1cc(CC(=O)N2CCN(CCc3ccc4c(c3)COC4=O)C(C(F)(F)F)C2)c(F)cc1C.O=C1OCc2cc(CCN3CCN(C(=O)Cc4ccc(-n5cncn5)cc4)CC3C(F)(F)F)ccc21.O=C1OCc2cc(CCN3CCN(C(=O)Cc4ccc(-n5cncn5)cc4)CC3C(F)F)ccc21. The number of nitrogens with zero attached hydrogens (tertiary/aromatic N) is 17. The Morgan fingerprint density at radius 2 is 0.705 bits per heavy atom. The monoisotopic (exact) mass is 1920 g/mol. The molecule has 0 aliphatic carbocycles. The van der Waals surface area contributed by atoms with Crippen molar-refractivity contribution in [2.75, 3.05) is 112 Å². The summed E-state index contributed by atoms with van der Waals surface area (Å²) >= 11 is 0. The van der Waals surface area contributed by atoms with Gasteiger partial charge in [0.05, 0.1) is 78.2 Å². The summed E-state index contributed by atoms with van der Waals surface area (Å²) in [7, 11) is 1.43. The molecule has 39 heteroatoms. The van der Waals surface area contributed by atoms with Gasteiger partial charge < -0.3 is 43.3 Å². The number of hydrogen-bond donors (Lipinski definition) is 0. The number of methoxy groups -OCH3 is 1. The van der Waals surface area contributed by atoms with E-state index in [9.17, 15) is 77.9 Å². The van der Waals surface area contributed by atoms with Crippen molar-refractivity contribution in [3.8, 4) is 22.8 Å². The van der Waals surface area contributed by atoms with Crippen molar-refractivity contribution < 1.29 is 102 Å². The summed E-state index contributed by atoms with van der Waals surface area (Å²) < 4.78 is 156. The first-order valence-electron chi connectivity index (χ1n) is 45.7. The Kier molecular flexibility index (Phi) is 30.8. The molecule has 0 spiro atoms. The Morgan fingerprint density at radius 3 is 1.03 bits per heavy atom. The summed E-state index contributed by atoms with van der Waals surface area (Å²) in [5.41, 5.74) is 15.1. The molecule has 4 atom stereocenters. The molecule has 0 radical (unpaired) electrons. The first kappa shape index (κ1) is 98.0. The van der Waals surface area contributed by atoms with Crippen LogP contribution in [0.25, 0.3) is 17.1 Å². The van der Waals surface area contributed by atoms with Crippen LogP contribution in [0.4, 0.5) is 39.5 Å². The van der Waals surface area contributed by atoms with E-state index in [4.69, 9.17) is 23.7 Å². The first-order chi connectivity index (χ1) is 66.9. The number of hydrogen-bond acceptors (Lipinski definition) is 23. The zero-order chi connectivity index (χ0) is 97.8. The summed E-state index contributed by atoms with van der Waals surface area (Å²) in [4.78, 5) is 122. The van der Waals surface area contributed by atoms with Gasteiger partial charge in [-0.25, -0.2) is 61.3 Å². The summed E-state index contributed by atoms with van der Waals surface area (Å²) in [5.74, 6) is -2.39. The van der Waals surface area contributed by atoms with Crippen LogP contribution in [0.3, 0.4) is 0 Å². The minimum absolute atomic E-state index is 0.0000693. The van der Waals surface area contributed by atoms with E-state index in [1.807, 2.05) is 83.8 Å². The van der Waals surface area contributed by atoms with Gasteiger partial charge in [-0.05, 0) is 157 Å². The Labute approximate surface area is 794 Å². The van der Waals surface area contributed by atoms with Crippen LogP contribution >= 0.6 is 0 Å². The fraction of sp³-hybridized carbons (Fsp3) is 0.380. The molecule has 0 bridgehead atoms. The second-order valence-electron chi connectivity index (χ2n) is 35.3. The van der Waals surface area contributed by atoms with Crippen LogP contribution in [0, 0.1) is 12.7 Å². The van der Waals surface area contributed by atoms with Crippen molar-refractivity contribution in [1.82, 2.24) is 83.5 Å². The highest BCUT2D eigenvalue weighted by Gasteiger charge is 2.49. The summed E-state index contributed by atoms with van der Waals surface area (Å²) in [6, 6.07) is 42.6. The molecule has 4 fully saturated rings. The van der Waals surface area contributed by atoms with Crippen molar-refractivity contribution >= 4 is 47.5 Å². The highest BCUT2D eigenvalue weighted by molar-refractivity contribution is 5.95. The van der Waals surface area contributed by atoms with Gasteiger partial charge in [-0.1, -0.05) is 84.9 Å². The van der Waals surface area contributed by atoms with Crippen LogP contribution in [0.2, 0.25) is 0 Å². The van der Waals surface area contributed by atoms with Gasteiger partial charge in [0.25, 0.3) is 6.43 Å². The number of aromatic nitrogens is 9. The number of piperazine rings is 4. The van der Waals surface area contributed by atoms with Gasteiger partial charge in [0.15, 0.2) is 0 Å². The smallest absolute Gasteiger partial charge is 0.405 e. The van der Waals surface area contributed by atoms with Gasteiger partial charge in [0, 0.05) is 139 Å². The fourth-order valence-electron chi connectivity index (χ4n) is 18.4. The number of halogens is 9. The van der Waals surface area contributed by atoms with Crippen LogP contribution in [0.1, 0.15) is 121 Å². The van der Waals surface area contributed by atoms with E-state index in [2.05, 4.69) is 48.1 Å². The Bertz CT molecular complexity index is 6220. The number of amides is 4. The minimum Gasteiger partial charge on any atom is -0.496 e. The number of benzene rings is 8. The molecule has 11 heterocycles. The van der Waals surface area contributed by atoms with E-state index in [0.29, 0.717) is 97.1 Å². The van der Waals surface area contributed by atoms with Crippen LogP contribution in [-0.2, 0) is 116 Å². The van der Waals surface area contributed by atoms with Crippen molar-refractivity contribution in [3.05, 3.63) is 296 Å². The van der Waals surface area contributed by atoms with Crippen molar-refractivity contribution in [2.45, 2.75) is 135 Å². The highest BCUT2D eigenvalue weighted by Crippen LogP contribution is 2.35. The van der Waals surface area contributed by atoms with E-state index in [1.54, 1.807) is 106 Å². The van der Waals surface area contributed by atoms with Crippen molar-refractivity contribution in [3.63, 3.8) is 0 Å². The van der Waals surface area contributed by atoms with E-state index in [-0.39, 0.29) is 126 Å². The zero-order valence-electron chi connectivity index (χ0n) is 76.5. The van der Waals surface area contributed by atoms with E-state index in [1.165, 1.54) is 63.4 Å². The molecule has 0 N–H and O–H groups in total. The molecule has 139 heavy (non-hydrogen) atoms. The van der Waals surface area contributed by atoms with Gasteiger partial charge in [0.2, 0.25) is 23.6 Å². The number of carbonyl (C=O) groups is 8. The molecule has 3 aromatic heterocycles. The average Bonchev–Trinajstić information content (AvgIpc) is 1.78. The number of aryl methyl sites for hydroxylation is 1. The van der Waals surface area contributed by atoms with E-state index >= 15 is 0 Å². The number of ether oxygens (including phenoxy) is 5. The molecule has 11 aromatic rings. The molecule has 0 saturated carbocycles. The normalized spacial score (nSPS) is 18.3. The molecule has 19 rings (SSSR count). The van der Waals surface area contributed by atoms with E-state index < -0.39 is 67.7 Å². The maximum atomic E-state index is 14.3. The van der Waals surface area contributed by atoms with Gasteiger partial charge in [-0.15, -0.1) is 0 Å². The second kappa shape index (κ2) is 43.7. The van der Waals surface area contributed by atoms with Crippen LogP contribution in [0.5, 0.6) is 5.75 Å². The molecular weight excluding hydrogens is 1820 g/mol. The van der Waals surface area contributed by atoms with Crippen molar-refractivity contribution in [2.24, 2.45) is 0 Å².